The van der Waals surface area contributed by atoms with Crippen molar-refractivity contribution in [3.63, 3.8) is 0 Å². The second-order valence-electron chi connectivity index (χ2n) is 10.7. The predicted molar refractivity (Wildman–Crippen MR) is 172 cm³/mol. The first kappa shape index (κ1) is 27.5. The second-order valence-corrected chi connectivity index (χ2v) is 11.1. The third-order valence-corrected chi connectivity index (χ3v) is 8.00. The molecule has 44 heavy (non-hydrogen) atoms. The Kier molecular flexibility index (Phi) is 6.91. The fourth-order valence-electron chi connectivity index (χ4n) is 5.80. The number of H-pyrrole nitrogens is 1. The largest absolute Gasteiger partial charge is 0.457 e. The Labute approximate surface area is 257 Å². The molecule has 4 aromatic carbocycles. The average Bonchev–Trinajstić information content (AvgIpc) is 3.31. The van der Waals surface area contributed by atoms with E-state index in [9.17, 15) is 14.0 Å². The summed E-state index contributed by atoms with van der Waals surface area (Å²) in [7, 11) is 1.84. The monoisotopic (exact) mass is 604 g/mol. The number of fused-ring (bicyclic) bond motifs is 2. The van der Waals surface area contributed by atoms with Crippen LogP contribution in [0.2, 0.25) is 5.02 Å². The molecular weight excluding hydrogens is 579 g/mol. The van der Waals surface area contributed by atoms with Gasteiger partial charge in [0.15, 0.2) is 0 Å². The van der Waals surface area contributed by atoms with E-state index in [-0.39, 0.29) is 23.7 Å². The van der Waals surface area contributed by atoms with Crippen molar-refractivity contribution in [1.82, 2.24) is 9.55 Å². The minimum atomic E-state index is -0.325. The molecule has 0 radical (unpaired) electrons. The lowest BCUT2D eigenvalue weighted by Crippen LogP contribution is -2.18. The van der Waals surface area contributed by atoms with E-state index in [0.29, 0.717) is 39.8 Å². The summed E-state index contributed by atoms with van der Waals surface area (Å²) in [5, 5.41) is 4.37. The minimum absolute atomic E-state index is 0.0370. The second kappa shape index (κ2) is 11.1. The molecule has 0 spiro atoms. The first-order chi connectivity index (χ1) is 21.3. The number of anilines is 3. The summed E-state index contributed by atoms with van der Waals surface area (Å²) in [5.74, 6) is 0.626. The quantitative estimate of drug-likeness (QED) is 0.202. The number of ether oxygens (including phenoxy) is 1. The lowest BCUT2D eigenvalue weighted by atomic mass is 10.0. The van der Waals surface area contributed by atoms with Crippen LogP contribution in [0.5, 0.6) is 11.5 Å². The van der Waals surface area contributed by atoms with Gasteiger partial charge in [-0.1, -0.05) is 29.8 Å². The van der Waals surface area contributed by atoms with E-state index in [0.717, 1.165) is 33.5 Å². The highest BCUT2D eigenvalue weighted by atomic mass is 35.5. The smallest absolute Gasteiger partial charge is 0.272 e. The average molecular weight is 605 g/mol. The van der Waals surface area contributed by atoms with Gasteiger partial charge in [0.1, 0.15) is 22.8 Å². The van der Waals surface area contributed by atoms with Crippen LogP contribution in [-0.2, 0) is 24.8 Å². The van der Waals surface area contributed by atoms with E-state index in [4.69, 9.17) is 16.3 Å². The van der Waals surface area contributed by atoms with Gasteiger partial charge in [0.2, 0.25) is 5.91 Å². The van der Waals surface area contributed by atoms with Gasteiger partial charge in [0.05, 0.1) is 13.0 Å². The topological polar surface area (TPSA) is 79.4 Å². The number of para-hydroxylation sites is 1. The third kappa shape index (κ3) is 5.09. The Bertz CT molecular complexity index is 2110. The number of aromatic nitrogens is 2. The van der Waals surface area contributed by atoms with Gasteiger partial charge >= 0.3 is 0 Å². The van der Waals surface area contributed by atoms with Crippen LogP contribution < -0.4 is 20.5 Å². The van der Waals surface area contributed by atoms with Crippen LogP contribution in [0.25, 0.3) is 22.0 Å². The predicted octanol–water partition coefficient (Wildman–Crippen LogP) is 7.95. The molecule has 218 valence electrons. The molecule has 0 saturated heterocycles. The molecule has 0 unspecified atom stereocenters. The SMILES string of the molecule is Cn1cc2c3c(c[nH]c(=O)c31)CN(c1ccc(F)cc1)c1ccc(NC(=O)Cc3cc(Cl)ccc3Oc3ccccc3)cc1-2. The van der Waals surface area contributed by atoms with Crippen LogP contribution in [0.3, 0.4) is 0 Å². The Morgan fingerprint density at radius 2 is 1.80 bits per heavy atom. The molecule has 0 atom stereocenters. The van der Waals surface area contributed by atoms with Crippen LogP contribution in [0.4, 0.5) is 21.5 Å². The van der Waals surface area contributed by atoms with Gasteiger partial charge in [-0.15, -0.1) is 0 Å². The normalized spacial score (nSPS) is 12.1. The number of halogens is 2. The van der Waals surface area contributed by atoms with Crippen molar-refractivity contribution in [1.29, 1.82) is 0 Å². The number of benzene rings is 4. The molecule has 0 fully saturated rings. The molecule has 3 heterocycles. The van der Waals surface area contributed by atoms with Gasteiger partial charge in [-0.2, -0.15) is 0 Å². The maximum atomic E-state index is 13.8. The molecular formula is C35H26ClFN4O3. The highest BCUT2D eigenvalue weighted by Crippen LogP contribution is 2.45. The molecule has 2 N–H and O–H groups in total. The minimum Gasteiger partial charge on any atom is -0.457 e. The van der Waals surface area contributed by atoms with Gasteiger partial charge in [0.25, 0.3) is 5.56 Å². The standard InChI is InChI=1S/C35H26ClFN4O3/c1-40-20-29-28-17-25(39-32(42)16-21-15-23(36)7-14-31(21)44-27-5-3-2-4-6-27)10-13-30(28)41(26-11-8-24(37)9-12-26)19-22-18-38-35(43)34(40)33(22)29/h2-15,17-18,20H,16,19H2,1H3,(H,38,43)(H,39,42). The highest BCUT2D eigenvalue weighted by molar-refractivity contribution is 6.30. The van der Waals surface area contributed by atoms with E-state index < -0.39 is 0 Å². The number of hydrogen-bond acceptors (Lipinski definition) is 4. The maximum Gasteiger partial charge on any atom is 0.272 e. The number of nitrogens with one attached hydrogen (secondary N) is 2. The molecule has 7 rings (SSSR count). The summed E-state index contributed by atoms with van der Waals surface area (Å²) < 4.78 is 21.7. The zero-order valence-corrected chi connectivity index (χ0v) is 24.4. The van der Waals surface area contributed by atoms with Gasteiger partial charge < -0.3 is 24.5 Å². The molecule has 9 heteroatoms. The van der Waals surface area contributed by atoms with Gasteiger partial charge in [0, 0.05) is 63.6 Å². The molecule has 0 aliphatic carbocycles. The number of carbonyl (C=O) groups is 1. The molecule has 1 aliphatic rings. The summed E-state index contributed by atoms with van der Waals surface area (Å²) >= 11 is 6.28. The van der Waals surface area contributed by atoms with Crippen LogP contribution in [-0.4, -0.2) is 15.5 Å². The summed E-state index contributed by atoms with van der Waals surface area (Å²) in [5.41, 5.74) is 5.89. The van der Waals surface area contributed by atoms with Crippen LogP contribution in [0.1, 0.15) is 11.1 Å². The molecule has 1 amide bonds. The van der Waals surface area contributed by atoms with E-state index >= 15 is 0 Å². The van der Waals surface area contributed by atoms with Crippen LogP contribution >= 0.6 is 11.6 Å². The summed E-state index contributed by atoms with van der Waals surface area (Å²) in [4.78, 5) is 31.2. The summed E-state index contributed by atoms with van der Waals surface area (Å²) in [6.07, 6.45) is 3.70. The molecule has 0 bridgehead atoms. The van der Waals surface area contributed by atoms with Crippen molar-refractivity contribution in [3.8, 4) is 22.6 Å². The number of aromatic amines is 1. The fourth-order valence-corrected chi connectivity index (χ4v) is 5.99. The number of rotatable bonds is 6. The number of amides is 1. The van der Waals surface area contributed by atoms with E-state index in [1.807, 2.05) is 66.3 Å². The van der Waals surface area contributed by atoms with Crippen molar-refractivity contribution >= 4 is 45.5 Å². The van der Waals surface area contributed by atoms with Crippen molar-refractivity contribution in [2.45, 2.75) is 13.0 Å². The van der Waals surface area contributed by atoms with Gasteiger partial charge in [-0.3, -0.25) is 9.59 Å². The van der Waals surface area contributed by atoms with Gasteiger partial charge in [-0.05, 0) is 78.4 Å². The molecule has 0 saturated carbocycles. The maximum absolute atomic E-state index is 13.8. The van der Waals surface area contributed by atoms with Crippen molar-refractivity contribution < 1.29 is 13.9 Å². The fraction of sp³-hybridized carbons (Fsp3) is 0.0857. The number of nitrogens with zero attached hydrogens (tertiary/aromatic N) is 2. The lowest BCUT2D eigenvalue weighted by Gasteiger charge is -2.26. The molecule has 6 aromatic rings. The number of aryl methyl sites for hydroxylation is 1. The van der Waals surface area contributed by atoms with Crippen molar-refractivity contribution in [2.75, 3.05) is 10.2 Å². The zero-order chi connectivity index (χ0) is 30.4. The van der Waals surface area contributed by atoms with Crippen molar-refractivity contribution in [3.05, 3.63) is 136 Å². The summed E-state index contributed by atoms with van der Waals surface area (Å²) in [6.45, 7) is 0.452. The Hall–Kier alpha value is -5.34. The number of carbonyl (C=O) groups excluding carboxylic acids is 1. The summed E-state index contributed by atoms with van der Waals surface area (Å²) in [6, 6.07) is 26.6. The van der Waals surface area contributed by atoms with Crippen molar-refractivity contribution in [2.24, 2.45) is 7.05 Å². The van der Waals surface area contributed by atoms with E-state index in [1.165, 1.54) is 12.1 Å². The first-order valence-electron chi connectivity index (χ1n) is 14.0. The molecule has 7 nitrogen and oxygen atoms in total. The highest BCUT2D eigenvalue weighted by Gasteiger charge is 2.26. The Balaban J connectivity index is 1.26. The van der Waals surface area contributed by atoms with Crippen LogP contribution in [0.15, 0.2) is 108 Å². The van der Waals surface area contributed by atoms with Gasteiger partial charge in [-0.25, -0.2) is 4.39 Å². The Morgan fingerprint density at radius 3 is 2.59 bits per heavy atom. The first-order valence-corrected chi connectivity index (χ1v) is 14.4. The van der Waals surface area contributed by atoms with E-state index in [2.05, 4.69) is 15.2 Å². The third-order valence-electron chi connectivity index (χ3n) is 7.77. The zero-order valence-electron chi connectivity index (χ0n) is 23.6. The van der Waals surface area contributed by atoms with Crippen LogP contribution in [0, 0.1) is 5.82 Å². The number of hydrogen-bond donors (Lipinski definition) is 2. The molecule has 1 aliphatic heterocycles. The number of pyridine rings is 1. The van der Waals surface area contributed by atoms with E-state index in [1.54, 1.807) is 36.5 Å². The molecule has 2 aromatic heterocycles. The Morgan fingerprint density at radius 1 is 1.00 bits per heavy atom. The lowest BCUT2D eigenvalue weighted by molar-refractivity contribution is -0.115.